The number of aryl methyl sites for hydroxylation is 1. The van der Waals surface area contributed by atoms with E-state index < -0.39 is 0 Å². The van der Waals surface area contributed by atoms with Crippen molar-refractivity contribution < 1.29 is 13.9 Å². The van der Waals surface area contributed by atoms with Crippen molar-refractivity contribution >= 4 is 16.5 Å². The van der Waals surface area contributed by atoms with E-state index >= 15 is 0 Å². The lowest BCUT2D eigenvalue weighted by Crippen LogP contribution is -1.98. The van der Waals surface area contributed by atoms with Crippen LogP contribution in [-0.2, 0) is 6.54 Å². The minimum atomic E-state index is -0.288. The summed E-state index contributed by atoms with van der Waals surface area (Å²) in [7, 11) is 0. The molecule has 29 heavy (non-hydrogen) atoms. The Morgan fingerprint density at radius 1 is 1.14 bits per heavy atom. The minimum Gasteiger partial charge on any atom is -0.454 e. The van der Waals surface area contributed by atoms with Gasteiger partial charge in [0.2, 0.25) is 6.79 Å². The van der Waals surface area contributed by atoms with Gasteiger partial charge in [-0.15, -0.1) is 0 Å². The van der Waals surface area contributed by atoms with Crippen LogP contribution >= 0.6 is 11.3 Å². The number of halogens is 1. The fraction of sp³-hybridized carbons (Fsp3) is 0.143. The maximum Gasteiger partial charge on any atom is 0.231 e. The number of anilines is 1. The van der Waals surface area contributed by atoms with Gasteiger partial charge in [-0.25, -0.2) is 14.1 Å². The van der Waals surface area contributed by atoms with Gasteiger partial charge < -0.3 is 14.8 Å². The number of ether oxygens (including phenoxy) is 2. The largest absolute Gasteiger partial charge is 0.454 e. The van der Waals surface area contributed by atoms with Gasteiger partial charge in [0, 0.05) is 12.7 Å². The number of nitrogens with zero attached hydrogens (tertiary/aromatic N) is 3. The van der Waals surface area contributed by atoms with Gasteiger partial charge in [0.05, 0.1) is 16.3 Å². The first-order chi connectivity index (χ1) is 14.2. The lowest BCUT2D eigenvalue weighted by molar-refractivity contribution is 0.174. The van der Waals surface area contributed by atoms with Gasteiger partial charge in [0.25, 0.3) is 0 Å². The van der Waals surface area contributed by atoms with Gasteiger partial charge in [0.1, 0.15) is 11.5 Å². The molecule has 3 heterocycles. The van der Waals surface area contributed by atoms with Crippen molar-refractivity contribution in [3.63, 3.8) is 0 Å². The van der Waals surface area contributed by atoms with E-state index in [1.54, 1.807) is 22.1 Å². The number of rotatable bonds is 5. The Morgan fingerprint density at radius 2 is 2.03 bits per heavy atom. The molecular weight excluding hydrogens is 391 g/mol. The second-order valence-electron chi connectivity index (χ2n) is 6.60. The molecule has 0 atom stereocenters. The Kier molecular flexibility index (Phi) is 4.40. The van der Waals surface area contributed by atoms with E-state index in [-0.39, 0.29) is 12.6 Å². The Morgan fingerprint density at radius 3 is 2.93 bits per heavy atom. The topological polar surface area (TPSA) is 61.2 Å². The summed E-state index contributed by atoms with van der Waals surface area (Å²) in [6.07, 6.45) is 1.82. The van der Waals surface area contributed by atoms with Gasteiger partial charge in [-0.05, 0) is 48.9 Å². The van der Waals surface area contributed by atoms with Crippen LogP contribution in [0.2, 0.25) is 0 Å². The standard InChI is InChI=1S/C21H17FN4O2S/c1-13-20(17-7-8-26(25-17)16-4-2-3-15(22)10-16)29-21(24-13)23-11-14-5-6-18-19(9-14)28-12-27-18/h2-10H,11-12H2,1H3,(H,23,24). The Bertz CT molecular complexity index is 1190. The maximum atomic E-state index is 13.5. The molecule has 2 aromatic carbocycles. The fourth-order valence-corrected chi connectivity index (χ4v) is 4.07. The maximum absolute atomic E-state index is 13.5. The summed E-state index contributed by atoms with van der Waals surface area (Å²) in [4.78, 5) is 5.59. The predicted octanol–water partition coefficient (Wildman–Crippen LogP) is 4.78. The van der Waals surface area contributed by atoms with Crippen LogP contribution in [0, 0.1) is 12.7 Å². The van der Waals surface area contributed by atoms with Crippen molar-refractivity contribution in [2.24, 2.45) is 0 Å². The second-order valence-corrected chi connectivity index (χ2v) is 7.60. The van der Waals surface area contributed by atoms with Crippen LogP contribution in [0.1, 0.15) is 11.3 Å². The summed E-state index contributed by atoms with van der Waals surface area (Å²) < 4.78 is 25.9. The highest BCUT2D eigenvalue weighted by molar-refractivity contribution is 7.19. The van der Waals surface area contributed by atoms with E-state index in [1.165, 1.54) is 12.1 Å². The van der Waals surface area contributed by atoms with Crippen LogP contribution in [0.25, 0.3) is 16.3 Å². The Balaban J connectivity index is 1.33. The summed E-state index contributed by atoms with van der Waals surface area (Å²) in [6.45, 7) is 2.85. The third kappa shape index (κ3) is 3.54. The second kappa shape index (κ2) is 7.21. The first-order valence-corrected chi connectivity index (χ1v) is 9.89. The molecule has 0 saturated heterocycles. The fourth-order valence-electron chi connectivity index (χ4n) is 3.15. The van der Waals surface area contributed by atoms with E-state index in [9.17, 15) is 4.39 Å². The van der Waals surface area contributed by atoms with Gasteiger partial charge >= 0.3 is 0 Å². The number of benzene rings is 2. The Hall–Kier alpha value is -3.39. The van der Waals surface area contributed by atoms with Crippen LogP contribution in [0.3, 0.4) is 0 Å². The first-order valence-electron chi connectivity index (χ1n) is 9.07. The molecule has 0 saturated carbocycles. The zero-order valence-corrected chi connectivity index (χ0v) is 16.4. The van der Waals surface area contributed by atoms with Crippen molar-refractivity contribution in [3.8, 4) is 27.8 Å². The van der Waals surface area contributed by atoms with Crippen LogP contribution in [0.15, 0.2) is 54.7 Å². The smallest absolute Gasteiger partial charge is 0.231 e. The third-order valence-electron chi connectivity index (χ3n) is 4.57. The molecule has 0 radical (unpaired) electrons. The lowest BCUT2D eigenvalue weighted by atomic mass is 10.2. The minimum absolute atomic E-state index is 0.267. The number of aromatic nitrogens is 3. The summed E-state index contributed by atoms with van der Waals surface area (Å²) in [6, 6.07) is 14.2. The molecular formula is C21H17FN4O2S. The molecule has 1 aliphatic rings. The molecule has 1 N–H and O–H groups in total. The molecule has 0 bridgehead atoms. The van der Waals surface area contributed by atoms with Crippen molar-refractivity contribution in [3.05, 3.63) is 71.8 Å². The number of hydrogen-bond donors (Lipinski definition) is 1. The van der Waals surface area contributed by atoms with Crippen molar-refractivity contribution in [1.29, 1.82) is 0 Å². The highest BCUT2D eigenvalue weighted by Gasteiger charge is 2.15. The van der Waals surface area contributed by atoms with E-state index in [0.29, 0.717) is 12.2 Å². The lowest BCUT2D eigenvalue weighted by Gasteiger charge is -2.04. The average Bonchev–Trinajstić information content (AvgIpc) is 3.45. The normalized spacial score (nSPS) is 12.3. The van der Waals surface area contributed by atoms with Crippen LogP contribution in [0.4, 0.5) is 9.52 Å². The van der Waals surface area contributed by atoms with Crippen molar-refractivity contribution in [2.45, 2.75) is 13.5 Å². The molecule has 4 aromatic rings. The zero-order chi connectivity index (χ0) is 19.8. The molecule has 0 unspecified atom stereocenters. The summed E-state index contributed by atoms with van der Waals surface area (Å²) in [5.41, 5.74) is 3.46. The summed E-state index contributed by atoms with van der Waals surface area (Å²) in [5.74, 6) is 1.25. The number of thiazole rings is 1. The summed E-state index contributed by atoms with van der Waals surface area (Å²) >= 11 is 1.54. The number of nitrogens with one attached hydrogen (secondary N) is 1. The zero-order valence-electron chi connectivity index (χ0n) is 15.6. The molecule has 0 spiro atoms. The van der Waals surface area contributed by atoms with Gasteiger partial charge in [-0.3, -0.25) is 0 Å². The van der Waals surface area contributed by atoms with Crippen molar-refractivity contribution in [1.82, 2.24) is 14.8 Å². The van der Waals surface area contributed by atoms with E-state index in [1.807, 2.05) is 43.5 Å². The van der Waals surface area contributed by atoms with Crippen LogP contribution < -0.4 is 14.8 Å². The molecule has 0 aliphatic carbocycles. The molecule has 6 nitrogen and oxygen atoms in total. The third-order valence-corrected chi connectivity index (χ3v) is 5.71. The highest BCUT2D eigenvalue weighted by Crippen LogP contribution is 2.34. The highest BCUT2D eigenvalue weighted by atomic mass is 32.1. The first kappa shape index (κ1) is 17.7. The average molecular weight is 408 g/mol. The van der Waals surface area contributed by atoms with Gasteiger partial charge in [0.15, 0.2) is 16.6 Å². The van der Waals surface area contributed by atoms with Gasteiger partial charge in [-0.1, -0.05) is 23.5 Å². The van der Waals surface area contributed by atoms with E-state index in [4.69, 9.17) is 9.47 Å². The Labute approximate surface area is 170 Å². The molecule has 0 amide bonds. The van der Waals surface area contributed by atoms with Crippen LogP contribution in [0.5, 0.6) is 11.5 Å². The molecule has 146 valence electrons. The summed E-state index contributed by atoms with van der Waals surface area (Å²) in [5, 5.41) is 8.76. The van der Waals surface area contributed by atoms with Crippen LogP contribution in [-0.4, -0.2) is 21.6 Å². The molecule has 5 rings (SSSR count). The molecule has 8 heteroatoms. The predicted molar refractivity (Wildman–Crippen MR) is 109 cm³/mol. The monoisotopic (exact) mass is 408 g/mol. The quantitative estimate of drug-likeness (QED) is 0.515. The molecule has 2 aromatic heterocycles. The van der Waals surface area contributed by atoms with Crippen molar-refractivity contribution in [2.75, 3.05) is 12.1 Å². The van der Waals surface area contributed by atoms with Gasteiger partial charge in [-0.2, -0.15) is 5.10 Å². The molecule has 0 fully saturated rings. The SMILES string of the molecule is Cc1nc(NCc2ccc3c(c2)OCO3)sc1-c1ccn(-c2cccc(F)c2)n1. The van der Waals surface area contributed by atoms with E-state index in [2.05, 4.69) is 15.4 Å². The van der Waals surface area contributed by atoms with E-state index in [0.717, 1.165) is 38.5 Å². The molecule has 1 aliphatic heterocycles. The number of fused-ring (bicyclic) bond motifs is 1. The number of hydrogen-bond acceptors (Lipinski definition) is 6.